The Balaban J connectivity index is 3.39. The minimum atomic E-state index is -1.35. The smallest absolute Gasteiger partial charge is 0.108 e. The van der Waals surface area contributed by atoms with Gasteiger partial charge in [-0.3, -0.25) is 0 Å². The molecular weight excluding hydrogens is 110 g/mol. The van der Waals surface area contributed by atoms with Gasteiger partial charge in [-0.15, -0.1) is 0 Å². The van der Waals surface area contributed by atoms with Crippen molar-refractivity contribution in [2.75, 3.05) is 0 Å². The third-order valence-electron chi connectivity index (χ3n) is 0.767. The van der Waals surface area contributed by atoms with Crippen molar-refractivity contribution in [2.45, 2.75) is 39.0 Å². The van der Waals surface area contributed by atoms with E-state index < -0.39 is 11.8 Å². The van der Waals surface area contributed by atoms with Gasteiger partial charge in [0.15, 0.2) is 0 Å². The van der Waals surface area contributed by atoms with Crippen LogP contribution < -0.4 is 0 Å². The molecule has 50 valence electrons. The van der Waals surface area contributed by atoms with Gasteiger partial charge in [0.1, 0.15) is 11.8 Å². The number of halogens is 2. The fourth-order valence-corrected chi connectivity index (χ4v) is 0.669. The quantitative estimate of drug-likeness (QED) is 0.527. The summed E-state index contributed by atoms with van der Waals surface area (Å²) in [5.41, 5.74) is -1.35. The lowest BCUT2D eigenvalue weighted by Gasteiger charge is -2.13. The van der Waals surface area contributed by atoms with Crippen molar-refractivity contribution in [3.05, 3.63) is 0 Å². The third-order valence-corrected chi connectivity index (χ3v) is 0.767. The Morgan fingerprint density at radius 2 is 1.88 bits per heavy atom. The van der Waals surface area contributed by atoms with E-state index in [1.807, 2.05) is 0 Å². The van der Waals surface area contributed by atoms with Crippen molar-refractivity contribution in [3.63, 3.8) is 0 Å². The summed E-state index contributed by atoms with van der Waals surface area (Å²) in [5, 5.41) is 0. The monoisotopic (exact) mass is 122 g/mol. The van der Waals surface area contributed by atoms with Gasteiger partial charge in [0.05, 0.1) is 0 Å². The minimum Gasteiger partial charge on any atom is -0.248 e. The molecule has 0 amide bonds. The molecule has 0 nitrogen and oxygen atoms in total. The molecule has 0 aliphatic heterocycles. The van der Waals surface area contributed by atoms with Crippen LogP contribution in [0.2, 0.25) is 0 Å². The zero-order chi connectivity index (χ0) is 6.78. The van der Waals surface area contributed by atoms with Gasteiger partial charge in [0.25, 0.3) is 0 Å². The van der Waals surface area contributed by atoms with Crippen LogP contribution in [0.1, 0.15) is 27.2 Å². The summed E-state index contributed by atoms with van der Waals surface area (Å²) in [4.78, 5) is 0. The molecule has 0 rings (SSSR count). The largest absolute Gasteiger partial charge is 0.248 e. The average molecular weight is 122 g/mol. The molecule has 0 bridgehead atoms. The molecule has 0 saturated heterocycles. The Hall–Kier alpha value is -0.140. The number of hydrogen-bond acceptors (Lipinski definition) is 0. The normalized spacial score (nSPS) is 16.1. The lowest BCUT2D eigenvalue weighted by Crippen LogP contribution is -2.16. The molecule has 0 aliphatic rings. The maximum absolute atomic E-state index is 12.4. The van der Waals surface area contributed by atoms with E-state index in [1.165, 1.54) is 20.8 Å². The Morgan fingerprint density at radius 1 is 1.50 bits per heavy atom. The predicted octanol–water partition coefficient (Wildman–Crippen LogP) is 2.48. The highest BCUT2D eigenvalue weighted by Crippen LogP contribution is 2.17. The Kier molecular flexibility index (Phi) is 2.38. The molecule has 0 aromatic heterocycles. The Labute approximate surface area is 48.9 Å². The van der Waals surface area contributed by atoms with E-state index in [-0.39, 0.29) is 6.42 Å². The lowest BCUT2D eigenvalue weighted by atomic mass is 10.1. The van der Waals surface area contributed by atoms with Crippen molar-refractivity contribution in [1.29, 1.82) is 0 Å². The molecule has 0 heterocycles. The van der Waals surface area contributed by atoms with E-state index >= 15 is 0 Å². The average Bonchev–Trinajstić information content (AvgIpc) is 1.21. The maximum Gasteiger partial charge on any atom is 0.108 e. The molecule has 0 aromatic carbocycles. The van der Waals surface area contributed by atoms with E-state index in [1.54, 1.807) is 0 Å². The van der Waals surface area contributed by atoms with Crippen LogP contribution in [0.5, 0.6) is 0 Å². The van der Waals surface area contributed by atoms with Gasteiger partial charge in [0.2, 0.25) is 0 Å². The first-order valence-corrected chi connectivity index (χ1v) is 2.75. The van der Waals surface area contributed by atoms with Crippen LogP contribution in [0.25, 0.3) is 0 Å². The van der Waals surface area contributed by atoms with Crippen LogP contribution in [0.3, 0.4) is 0 Å². The first-order chi connectivity index (χ1) is 3.42. The molecule has 0 fully saturated rings. The van der Waals surface area contributed by atoms with Gasteiger partial charge in [-0.25, -0.2) is 8.78 Å². The summed E-state index contributed by atoms with van der Waals surface area (Å²) >= 11 is 0. The molecule has 0 radical (unpaired) electrons. The zero-order valence-corrected chi connectivity index (χ0v) is 5.54. The topological polar surface area (TPSA) is 0 Å². The summed E-state index contributed by atoms with van der Waals surface area (Å²) < 4.78 is 24.4. The maximum atomic E-state index is 12.4. The van der Waals surface area contributed by atoms with Gasteiger partial charge in [-0.2, -0.15) is 0 Å². The van der Waals surface area contributed by atoms with Gasteiger partial charge < -0.3 is 0 Å². The van der Waals surface area contributed by atoms with Crippen LogP contribution >= 0.6 is 0 Å². The van der Waals surface area contributed by atoms with Crippen molar-refractivity contribution in [1.82, 2.24) is 0 Å². The third kappa shape index (κ3) is 5.86. The van der Waals surface area contributed by atoms with E-state index in [4.69, 9.17) is 0 Å². The van der Waals surface area contributed by atoms with Crippen LogP contribution in [-0.2, 0) is 0 Å². The Morgan fingerprint density at radius 3 is 1.88 bits per heavy atom. The van der Waals surface area contributed by atoms with Crippen LogP contribution in [0.4, 0.5) is 8.78 Å². The van der Waals surface area contributed by atoms with Gasteiger partial charge in [-0.1, -0.05) is 0 Å². The molecule has 0 unspecified atom stereocenters. The van der Waals surface area contributed by atoms with Crippen molar-refractivity contribution in [2.24, 2.45) is 0 Å². The second-order valence-electron chi connectivity index (χ2n) is 2.70. The van der Waals surface area contributed by atoms with Gasteiger partial charge >= 0.3 is 0 Å². The van der Waals surface area contributed by atoms with E-state index in [0.717, 1.165) is 0 Å². The molecule has 0 aromatic rings. The van der Waals surface area contributed by atoms with E-state index in [9.17, 15) is 8.78 Å². The fraction of sp³-hybridized carbons (Fsp3) is 1.00. The second-order valence-corrected chi connectivity index (χ2v) is 2.70. The fourth-order valence-electron chi connectivity index (χ4n) is 0.669. The number of hydrogen-bond donors (Lipinski definition) is 0. The SMILES string of the molecule is C[C@H](F)CC(C)(C)F. The molecule has 0 spiro atoms. The lowest BCUT2D eigenvalue weighted by molar-refractivity contribution is 0.152. The van der Waals surface area contributed by atoms with Crippen molar-refractivity contribution < 1.29 is 8.78 Å². The highest BCUT2D eigenvalue weighted by atomic mass is 19.2. The van der Waals surface area contributed by atoms with Crippen LogP contribution in [-0.4, -0.2) is 11.8 Å². The highest BCUT2D eigenvalue weighted by Gasteiger charge is 2.18. The molecular formula is C6H12F2. The minimum absolute atomic E-state index is 0.00694. The summed E-state index contributed by atoms with van der Waals surface area (Å²) in [6.45, 7) is 4.12. The van der Waals surface area contributed by atoms with E-state index in [2.05, 4.69) is 0 Å². The summed E-state index contributed by atoms with van der Waals surface area (Å²) in [6.07, 6.45) is -1.04. The van der Waals surface area contributed by atoms with E-state index in [0.29, 0.717) is 0 Å². The second kappa shape index (κ2) is 2.42. The summed E-state index contributed by atoms with van der Waals surface area (Å²) in [7, 11) is 0. The zero-order valence-electron chi connectivity index (χ0n) is 5.54. The predicted molar refractivity (Wildman–Crippen MR) is 30.4 cm³/mol. The highest BCUT2D eigenvalue weighted by molar-refractivity contribution is 4.68. The summed E-state index contributed by atoms with van der Waals surface area (Å²) in [5.74, 6) is 0. The van der Waals surface area contributed by atoms with Crippen LogP contribution in [0.15, 0.2) is 0 Å². The van der Waals surface area contributed by atoms with Gasteiger partial charge in [-0.05, 0) is 20.8 Å². The molecule has 8 heavy (non-hydrogen) atoms. The molecule has 1 atom stereocenters. The molecule has 0 N–H and O–H groups in total. The molecule has 2 heteroatoms. The summed E-state index contributed by atoms with van der Waals surface area (Å²) in [6, 6.07) is 0. The van der Waals surface area contributed by atoms with Crippen LogP contribution in [0, 0.1) is 0 Å². The first kappa shape index (κ1) is 7.86. The van der Waals surface area contributed by atoms with Gasteiger partial charge in [0, 0.05) is 6.42 Å². The Bertz CT molecular complexity index is 61.4. The number of alkyl halides is 2. The molecule has 0 saturated carbocycles. The standard InChI is InChI=1S/C6H12F2/c1-5(7)4-6(2,3)8/h5H,4H2,1-3H3/t5-/m0/s1. The first-order valence-electron chi connectivity index (χ1n) is 2.75. The van der Waals surface area contributed by atoms with Crippen molar-refractivity contribution >= 4 is 0 Å². The molecule has 0 aliphatic carbocycles. The number of rotatable bonds is 2. The van der Waals surface area contributed by atoms with Crippen molar-refractivity contribution in [3.8, 4) is 0 Å².